The molecule has 3 aromatic carbocycles. The van der Waals surface area contributed by atoms with Gasteiger partial charge in [-0.05, 0) is 87.7 Å². The van der Waals surface area contributed by atoms with Gasteiger partial charge < -0.3 is 20.6 Å². The fraction of sp³-hybridized carbons (Fsp3) is 0.0588. The van der Waals surface area contributed by atoms with Crippen LogP contribution >= 0.6 is 51.1 Å². The molecule has 2 aliphatic rings. The van der Waals surface area contributed by atoms with Crippen LogP contribution in [0.15, 0.2) is 110 Å². The Balaban J connectivity index is 0.000000156. The smallest absolute Gasteiger partial charge is 0.221 e. The molecule has 0 fully saturated rings. The summed E-state index contributed by atoms with van der Waals surface area (Å²) in [5.74, 6) is 1.19. The van der Waals surface area contributed by atoms with Crippen LogP contribution in [0.25, 0.3) is 22.1 Å². The van der Waals surface area contributed by atoms with E-state index in [0.717, 1.165) is 53.7 Å². The van der Waals surface area contributed by atoms with Crippen molar-refractivity contribution in [1.29, 1.82) is 0 Å². The van der Waals surface area contributed by atoms with Gasteiger partial charge in [0.15, 0.2) is 10.2 Å². The van der Waals surface area contributed by atoms with Crippen molar-refractivity contribution in [1.82, 2.24) is 29.9 Å². The van der Waals surface area contributed by atoms with E-state index in [-0.39, 0.29) is 20.2 Å². The average molecular weight is 818 g/mol. The first kappa shape index (κ1) is 33.4. The minimum absolute atomic E-state index is 0.0125. The molecule has 0 bridgehead atoms. The third-order valence-electron chi connectivity index (χ3n) is 7.98. The Morgan fingerprint density at radius 3 is 1.78 bits per heavy atom. The van der Waals surface area contributed by atoms with Crippen molar-refractivity contribution in [2.24, 2.45) is 0 Å². The molecule has 0 saturated carbocycles. The highest BCUT2D eigenvalue weighted by Crippen LogP contribution is 2.37. The van der Waals surface area contributed by atoms with Gasteiger partial charge in [-0.25, -0.2) is 28.4 Å². The summed E-state index contributed by atoms with van der Waals surface area (Å²) in [7, 11) is -3.77. The van der Waals surface area contributed by atoms with E-state index >= 15 is 0 Å². The van der Waals surface area contributed by atoms with Crippen LogP contribution in [0.1, 0.15) is 11.1 Å². The molecule has 0 unspecified atom stereocenters. The topological polar surface area (TPSA) is 175 Å². The molecule has 254 valence electrons. The number of aromatic nitrogens is 6. The van der Waals surface area contributed by atoms with Crippen LogP contribution in [0.4, 0.5) is 23.0 Å². The molecule has 0 atom stereocenters. The highest BCUT2D eigenvalue weighted by atomic mass is 79.9. The Labute approximate surface area is 311 Å². The van der Waals surface area contributed by atoms with Crippen molar-refractivity contribution in [3.63, 3.8) is 0 Å². The third kappa shape index (κ3) is 6.84. The average Bonchev–Trinajstić information content (AvgIpc) is 3.89. The Bertz CT molecular complexity index is 2650. The lowest BCUT2D eigenvalue weighted by molar-refractivity contribution is -0.110. The second-order valence-corrected chi connectivity index (χ2v) is 16.8. The van der Waals surface area contributed by atoms with Gasteiger partial charge in [0.25, 0.3) is 0 Å². The van der Waals surface area contributed by atoms with Crippen molar-refractivity contribution in [2.45, 2.75) is 32.6 Å². The molecule has 4 aromatic heterocycles. The summed E-state index contributed by atoms with van der Waals surface area (Å²) >= 11 is 11.8. The maximum absolute atomic E-state index is 13.0. The molecule has 6 heterocycles. The van der Waals surface area contributed by atoms with E-state index in [1.807, 2.05) is 42.5 Å². The molecule has 0 radical (unpaired) electrons. The van der Waals surface area contributed by atoms with Crippen LogP contribution in [0.2, 0.25) is 5.02 Å². The number of carbonyl (C=O) groups excluding carboxylic acids is 2. The van der Waals surface area contributed by atoms with E-state index in [0.29, 0.717) is 34.7 Å². The van der Waals surface area contributed by atoms with Crippen LogP contribution in [0.5, 0.6) is 0 Å². The van der Waals surface area contributed by atoms with E-state index in [2.05, 4.69) is 56.5 Å². The van der Waals surface area contributed by atoms with Crippen LogP contribution in [0, 0.1) is 0 Å². The van der Waals surface area contributed by atoms with Crippen LogP contribution < -0.4 is 10.6 Å². The second kappa shape index (κ2) is 13.4. The molecule has 9 rings (SSSR count). The molecule has 0 spiro atoms. The standard InChI is InChI=1S/C20H13ClN4O3S2.C14H9BrN4OS/c21-12-2-5-14(6-3-12)30(27,28)17-9-15-19(22-10-23-20(15)25-17)24-13-4-1-11-7-18(26)29-16(11)8-13;15-11-5-9-13(16-6-17-14(9)19-11)18-8-2-1-7-3-12(20)21-10(7)4-8/h1-6,8-10H,7H2,(H2,22,23,24,25);1-2,4-6H,3H2,(H2,16,17,18,19). The number of carbonyl (C=O) groups is 2. The molecule has 12 nitrogen and oxygen atoms in total. The van der Waals surface area contributed by atoms with Crippen LogP contribution in [-0.2, 0) is 32.3 Å². The van der Waals surface area contributed by atoms with Gasteiger partial charge in [0.1, 0.15) is 40.6 Å². The van der Waals surface area contributed by atoms with Gasteiger partial charge in [-0.3, -0.25) is 9.59 Å². The van der Waals surface area contributed by atoms with Crippen molar-refractivity contribution in [2.75, 3.05) is 10.6 Å². The summed E-state index contributed by atoms with van der Waals surface area (Å²) in [4.78, 5) is 48.0. The van der Waals surface area contributed by atoms with Gasteiger partial charge in [-0.15, -0.1) is 0 Å². The molecule has 2 aliphatic heterocycles. The van der Waals surface area contributed by atoms with Crippen molar-refractivity contribution >= 4 is 116 Å². The monoisotopic (exact) mass is 816 g/mol. The zero-order chi connectivity index (χ0) is 35.3. The fourth-order valence-electron chi connectivity index (χ4n) is 5.56. The van der Waals surface area contributed by atoms with E-state index in [1.165, 1.54) is 66.5 Å². The van der Waals surface area contributed by atoms with Crippen molar-refractivity contribution < 1.29 is 18.0 Å². The van der Waals surface area contributed by atoms with Crippen molar-refractivity contribution in [3.05, 3.63) is 106 Å². The Kier molecular flexibility index (Phi) is 8.80. The van der Waals surface area contributed by atoms with E-state index in [9.17, 15) is 18.0 Å². The number of H-pyrrole nitrogens is 2. The van der Waals surface area contributed by atoms with E-state index in [1.54, 1.807) is 0 Å². The Morgan fingerprint density at radius 1 is 0.686 bits per heavy atom. The zero-order valence-corrected chi connectivity index (χ0v) is 30.7. The van der Waals surface area contributed by atoms with Crippen LogP contribution in [-0.4, -0.2) is 48.6 Å². The maximum atomic E-state index is 13.0. The predicted octanol–water partition coefficient (Wildman–Crippen LogP) is 8.00. The predicted molar refractivity (Wildman–Crippen MR) is 201 cm³/mol. The van der Waals surface area contributed by atoms with Gasteiger partial charge in [0.05, 0.1) is 20.3 Å². The summed E-state index contributed by atoms with van der Waals surface area (Å²) in [5.41, 5.74) is 4.91. The van der Waals surface area contributed by atoms with E-state index < -0.39 is 9.84 Å². The number of nitrogens with one attached hydrogen (secondary N) is 4. The lowest BCUT2D eigenvalue weighted by Gasteiger charge is -2.07. The number of halogens is 2. The number of hydrogen-bond acceptors (Lipinski definition) is 12. The van der Waals surface area contributed by atoms with E-state index in [4.69, 9.17) is 11.6 Å². The van der Waals surface area contributed by atoms with Crippen LogP contribution in [0.3, 0.4) is 0 Å². The lowest BCUT2D eigenvalue weighted by atomic mass is 10.1. The maximum Gasteiger partial charge on any atom is 0.221 e. The van der Waals surface area contributed by atoms with Gasteiger partial charge >= 0.3 is 0 Å². The fourth-order valence-corrected chi connectivity index (χ4v) is 9.21. The Morgan fingerprint density at radius 2 is 1.22 bits per heavy atom. The summed E-state index contributed by atoms with van der Waals surface area (Å²) in [6.45, 7) is 0. The SMILES string of the molecule is O=C1Cc2ccc(Nc3ncnc4[nH]c(Br)cc34)cc2S1.O=C1Cc2ccc(Nc3ncnc4[nH]c(S(=O)(=O)c5ccc(Cl)cc5)cc34)cc2S1. The number of aromatic amines is 2. The first-order chi connectivity index (χ1) is 24.6. The summed E-state index contributed by atoms with van der Waals surface area (Å²) in [5, 5.41) is 8.71. The number of nitrogens with zero attached hydrogens (tertiary/aromatic N) is 4. The normalized spacial score (nSPS) is 13.6. The number of thioether (sulfide) groups is 2. The van der Waals surface area contributed by atoms with Gasteiger partial charge in [0, 0.05) is 39.0 Å². The number of benzene rings is 3. The summed E-state index contributed by atoms with van der Waals surface area (Å²) < 4.78 is 26.8. The number of anilines is 4. The first-order valence-corrected chi connectivity index (χ1v) is 19.4. The second-order valence-electron chi connectivity index (χ2n) is 11.4. The summed E-state index contributed by atoms with van der Waals surface area (Å²) in [6.07, 6.45) is 3.81. The van der Waals surface area contributed by atoms with Gasteiger partial charge in [-0.1, -0.05) is 47.3 Å². The molecular weight excluding hydrogens is 796 g/mol. The quantitative estimate of drug-likeness (QED) is 0.127. The summed E-state index contributed by atoms with van der Waals surface area (Å²) in [6, 6.07) is 21.0. The van der Waals surface area contributed by atoms with Crippen molar-refractivity contribution in [3.8, 4) is 0 Å². The third-order valence-corrected chi connectivity index (χ3v) is 12.3. The Hall–Kier alpha value is -4.74. The number of fused-ring (bicyclic) bond motifs is 4. The highest BCUT2D eigenvalue weighted by Gasteiger charge is 2.23. The number of rotatable bonds is 6. The molecule has 7 aromatic rings. The number of sulfone groups is 1. The molecule has 0 aliphatic carbocycles. The molecular formula is C34H22BrClN8O4S3. The number of hydrogen-bond donors (Lipinski definition) is 4. The first-order valence-electron chi connectivity index (χ1n) is 15.1. The van der Waals surface area contributed by atoms with Gasteiger partial charge in [-0.2, -0.15) is 0 Å². The zero-order valence-electron chi connectivity index (χ0n) is 25.9. The largest absolute Gasteiger partial charge is 0.340 e. The minimum atomic E-state index is -3.77. The minimum Gasteiger partial charge on any atom is -0.340 e. The lowest BCUT2D eigenvalue weighted by Crippen LogP contribution is -2.01. The molecule has 0 saturated heterocycles. The molecule has 4 N–H and O–H groups in total. The van der Waals surface area contributed by atoms with Gasteiger partial charge in [0.2, 0.25) is 9.84 Å². The highest BCUT2D eigenvalue weighted by molar-refractivity contribution is 9.10. The molecule has 0 amide bonds. The molecule has 51 heavy (non-hydrogen) atoms. The molecule has 17 heteroatoms.